The van der Waals surface area contributed by atoms with Gasteiger partial charge < -0.3 is 9.64 Å². The molecule has 1 aliphatic rings. The summed E-state index contributed by atoms with van der Waals surface area (Å²) in [6.45, 7) is 5.98. The van der Waals surface area contributed by atoms with Crippen LogP contribution >= 0.6 is 34.5 Å². The second-order valence-electron chi connectivity index (χ2n) is 8.41. The van der Waals surface area contributed by atoms with E-state index < -0.39 is 10.0 Å². The second-order valence-corrected chi connectivity index (χ2v) is 12.2. The SMILES string of the molecule is C=CCN(CC(=O)N1CCc2sccc2C1COc1ccc(Cl)c(C)c1)S(=O)(=O)c1ccc(Cl)cc1. The van der Waals surface area contributed by atoms with E-state index >= 15 is 0 Å². The summed E-state index contributed by atoms with van der Waals surface area (Å²) >= 11 is 13.7. The quantitative estimate of drug-likeness (QED) is 0.310. The molecule has 1 atom stereocenters. The van der Waals surface area contributed by atoms with Crippen molar-refractivity contribution >= 4 is 50.5 Å². The number of sulfonamides is 1. The number of ether oxygens (including phenoxy) is 1. The van der Waals surface area contributed by atoms with Gasteiger partial charge in [0.1, 0.15) is 12.4 Å². The first-order chi connectivity index (χ1) is 17.2. The Labute approximate surface area is 225 Å². The van der Waals surface area contributed by atoms with Gasteiger partial charge >= 0.3 is 0 Å². The van der Waals surface area contributed by atoms with E-state index in [0.29, 0.717) is 28.8 Å². The van der Waals surface area contributed by atoms with Crippen LogP contribution in [-0.4, -0.2) is 49.8 Å². The summed E-state index contributed by atoms with van der Waals surface area (Å²) in [5.41, 5.74) is 1.93. The molecule has 1 unspecified atom stereocenters. The number of aryl methyl sites for hydroxylation is 1. The van der Waals surface area contributed by atoms with E-state index in [1.807, 2.05) is 24.4 Å². The fourth-order valence-corrected chi connectivity index (χ4v) is 6.68. The number of hydrogen-bond acceptors (Lipinski definition) is 5. The summed E-state index contributed by atoms with van der Waals surface area (Å²) in [5, 5.41) is 3.09. The first-order valence-corrected chi connectivity index (χ1v) is 14.4. The third-order valence-corrected chi connectivity index (χ3v) is 9.55. The normalized spacial score (nSPS) is 15.6. The third-order valence-electron chi connectivity index (χ3n) is 6.05. The Morgan fingerprint density at radius 1 is 1.22 bits per heavy atom. The number of carbonyl (C=O) groups excluding carboxylic acids is 1. The van der Waals surface area contributed by atoms with E-state index in [-0.39, 0.29) is 36.5 Å². The smallest absolute Gasteiger partial charge is 0.243 e. The minimum Gasteiger partial charge on any atom is -0.491 e. The van der Waals surface area contributed by atoms with E-state index in [4.69, 9.17) is 27.9 Å². The number of fused-ring (bicyclic) bond motifs is 1. The molecule has 0 N–H and O–H groups in total. The Balaban J connectivity index is 1.56. The number of carbonyl (C=O) groups is 1. The molecule has 2 aromatic carbocycles. The van der Waals surface area contributed by atoms with Crippen molar-refractivity contribution in [1.29, 1.82) is 0 Å². The molecule has 190 valence electrons. The largest absolute Gasteiger partial charge is 0.491 e. The van der Waals surface area contributed by atoms with Gasteiger partial charge in [0.15, 0.2) is 0 Å². The Morgan fingerprint density at radius 3 is 2.67 bits per heavy atom. The van der Waals surface area contributed by atoms with Crippen LogP contribution < -0.4 is 4.74 Å². The highest BCUT2D eigenvalue weighted by Gasteiger charge is 2.35. The number of rotatable bonds is 9. The molecule has 1 amide bonds. The van der Waals surface area contributed by atoms with Crippen LogP contribution in [0.1, 0.15) is 22.0 Å². The van der Waals surface area contributed by atoms with Crippen molar-refractivity contribution in [3.8, 4) is 5.75 Å². The van der Waals surface area contributed by atoms with Gasteiger partial charge in [0.05, 0.1) is 17.5 Å². The van der Waals surface area contributed by atoms with Crippen molar-refractivity contribution in [3.63, 3.8) is 0 Å². The van der Waals surface area contributed by atoms with Crippen LogP contribution in [-0.2, 0) is 21.2 Å². The summed E-state index contributed by atoms with van der Waals surface area (Å²) in [4.78, 5) is 16.5. The van der Waals surface area contributed by atoms with Crippen LogP contribution in [0.4, 0.5) is 0 Å². The van der Waals surface area contributed by atoms with Gasteiger partial charge in [-0.3, -0.25) is 4.79 Å². The molecule has 4 rings (SSSR count). The first-order valence-electron chi connectivity index (χ1n) is 11.3. The van der Waals surface area contributed by atoms with Gasteiger partial charge in [-0.05, 0) is 78.4 Å². The van der Waals surface area contributed by atoms with E-state index in [9.17, 15) is 13.2 Å². The summed E-state index contributed by atoms with van der Waals surface area (Å²) in [7, 11) is -3.93. The lowest BCUT2D eigenvalue weighted by molar-refractivity contribution is -0.135. The molecule has 0 saturated heterocycles. The Kier molecular flexibility index (Phi) is 8.42. The summed E-state index contributed by atoms with van der Waals surface area (Å²) < 4.78 is 33.8. The zero-order valence-corrected chi connectivity index (χ0v) is 22.8. The topological polar surface area (TPSA) is 66.9 Å². The molecule has 0 radical (unpaired) electrons. The van der Waals surface area contributed by atoms with Gasteiger partial charge in [0, 0.05) is 28.0 Å². The first kappa shape index (κ1) is 26.7. The molecule has 0 aliphatic carbocycles. The maximum absolute atomic E-state index is 13.6. The van der Waals surface area contributed by atoms with Gasteiger partial charge in [0.2, 0.25) is 15.9 Å². The Hall–Kier alpha value is -2.36. The van der Waals surface area contributed by atoms with E-state index in [1.54, 1.807) is 28.4 Å². The van der Waals surface area contributed by atoms with Gasteiger partial charge in [-0.1, -0.05) is 29.3 Å². The average Bonchev–Trinajstić information content (AvgIpc) is 3.33. The molecule has 0 saturated carbocycles. The lowest BCUT2D eigenvalue weighted by atomic mass is 10.0. The predicted molar refractivity (Wildman–Crippen MR) is 145 cm³/mol. The highest BCUT2D eigenvalue weighted by atomic mass is 35.5. The number of benzene rings is 2. The van der Waals surface area contributed by atoms with E-state index in [2.05, 4.69) is 6.58 Å². The standard InChI is InChI=1S/C26H26Cl2N2O4S2/c1-3-12-29(36(32,33)21-7-4-19(27)5-8-21)16-26(31)30-13-10-25-22(11-14-35-25)24(30)17-34-20-6-9-23(28)18(2)15-20/h3-9,11,14-15,24H,1,10,12-13,16-17H2,2H3. The number of hydrogen-bond donors (Lipinski definition) is 0. The van der Waals surface area contributed by atoms with E-state index in [0.717, 1.165) is 15.4 Å². The monoisotopic (exact) mass is 564 g/mol. The van der Waals surface area contributed by atoms with Crippen LogP contribution in [0, 0.1) is 6.92 Å². The lowest BCUT2D eigenvalue weighted by Gasteiger charge is -2.37. The molecule has 0 bridgehead atoms. The molecule has 10 heteroatoms. The van der Waals surface area contributed by atoms with Crippen LogP contribution in [0.15, 0.2) is 71.5 Å². The van der Waals surface area contributed by atoms with Crippen LogP contribution in [0.3, 0.4) is 0 Å². The zero-order chi connectivity index (χ0) is 25.9. The van der Waals surface area contributed by atoms with Crippen molar-refractivity contribution in [2.24, 2.45) is 0 Å². The van der Waals surface area contributed by atoms with Crippen LogP contribution in [0.25, 0.3) is 0 Å². The fourth-order valence-electron chi connectivity index (χ4n) is 4.15. The number of halogens is 2. The summed E-state index contributed by atoms with van der Waals surface area (Å²) in [6.07, 6.45) is 2.18. The third kappa shape index (κ3) is 5.79. The van der Waals surface area contributed by atoms with Gasteiger partial charge in [-0.25, -0.2) is 8.42 Å². The maximum atomic E-state index is 13.6. The maximum Gasteiger partial charge on any atom is 0.243 e. The van der Waals surface area contributed by atoms with Crippen molar-refractivity contribution in [2.45, 2.75) is 24.3 Å². The molecular weight excluding hydrogens is 539 g/mol. The van der Waals surface area contributed by atoms with Crippen molar-refractivity contribution in [1.82, 2.24) is 9.21 Å². The highest BCUT2D eigenvalue weighted by molar-refractivity contribution is 7.89. The van der Waals surface area contributed by atoms with Crippen molar-refractivity contribution < 1.29 is 17.9 Å². The van der Waals surface area contributed by atoms with Crippen molar-refractivity contribution in [3.05, 3.63) is 92.6 Å². The molecule has 36 heavy (non-hydrogen) atoms. The molecular formula is C26H26Cl2N2O4S2. The molecule has 6 nitrogen and oxygen atoms in total. The molecule has 3 aromatic rings. The van der Waals surface area contributed by atoms with Gasteiger partial charge in [-0.2, -0.15) is 4.31 Å². The minimum absolute atomic E-state index is 0.000537. The summed E-state index contributed by atoms with van der Waals surface area (Å²) in [5.74, 6) is 0.359. The Bertz CT molecular complexity index is 1360. The summed E-state index contributed by atoms with van der Waals surface area (Å²) in [6, 6.07) is 13.0. The lowest BCUT2D eigenvalue weighted by Crippen LogP contribution is -2.47. The van der Waals surface area contributed by atoms with Crippen molar-refractivity contribution in [2.75, 3.05) is 26.2 Å². The molecule has 0 spiro atoms. The molecule has 0 fully saturated rings. The average molecular weight is 566 g/mol. The van der Waals surface area contributed by atoms with Crippen LogP contribution in [0.5, 0.6) is 5.75 Å². The molecule has 1 aromatic heterocycles. The van der Waals surface area contributed by atoms with Gasteiger partial charge in [-0.15, -0.1) is 17.9 Å². The number of amides is 1. The Morgan fingerprint density at radius 2 is 1.97 bits per heavy atom. The fraction of sp³-hybridized carbons (Fsp3) is 0.269. The van der Waals surface area contributed by atoms with Crippen LogP contribution in [0.2, 0.25) is 10.0 Å². The van der Waals surface area contributed by atoms with Gasteiger partial charge in [0.25, 0.3) is 0 Å². The minimum atomic E-state index is -3.93. The number of nitrogens with zero attached hydrogens (tertiary/aromatic N) is 2. The zero-order valence-electron chi connectivity index (χ0n) is 19.7. The predicted octanol–water partition coefficient (Wildman–Crippen LogP) is 5.75. The number of thiophene rings is 1. The molecule has 2 heterocycles. The highest BCUT2D eigenvalue weighted by Crippen LogP contribution is 2.34. The second kappa shape index (κ2) is 11.4. The molecule has 1 aliphatic heterocycles. The van der Waals surface area contributed by atoms with E-state index in [1.165, 1.54) is 35.2 Å².